The zero-order chi connectivity index (χ0) is 10.4. The summed E-state index contributed by atoms with van der Waals surface area (Å²) in [7, 11) is 0. The molecule has 1 rings (SSSR count). The lowest BCUT2D eigenvalue weighted by Gasteiger charge is -2.11. The number of aromatic nitrogens is 1. The van der Waals surface area contributed by atoms with Crippen molar-refractivity contribution in [1.29, 1.82) is 0 Å². The van der Waals surface area contributed by atoms with E-state index in [1.54, 1.807) is 6.20 Å². The van der Waals surface area contributed by atoms with E-state index in [9.17, 15) is 0 Å². The molecule has 1 atom stereocenters. The van der Waals surface area contributed by atoms with E-state index in [1.165, 1.54) is 19.3 Å². The fraction of sp³-hybridized carbons (Fsp3) is 0.727. The average Bonchev–Trinajstić information content (AvgIpc) is 2.58. The summed E-state index contributed by atoms with van der Waals surface area (Å²) in [5.41, 5.74) is 0. The molecule has 3 heteroatoms. The number of nitrogens with zero attached hydrogens (tertiary/aromatic N) is 1. The van der Waals surface area contributed by atoms with Crippen molar-refractivity contribution < 1.29 is 4.42 Å². The first-order chi connectivity index (χ1) is 6.72. The van der Waals surface area contributed by atoms with Gasteiger partial charge in [-0.1, -0.05) is 19.8 Å². The smallest absolute Gasteiger partial charge is 0.208 e. The maximum atomic E-state index is 5.36. The number of nitrogens with one attached hydrogen (secondary N) is 1. The maximum absolute atomic E-state index is 5.36. The van der Waals surface area contributed by atoms with Crippen LogP contribution in [0.2, 0.25) is 0 Å². The Labute approximate surface area is 85.9 Å². The van der Waals surface area contributed by atoms with Crippen molar-refractivity contribution in [3.8, 4) is 0 Å². The van der Waals surface area contributed by atoms with Gasteiger partial charge in [0, 0.05) is 6.04 Å². The molecule has 0 aliphatic heterocycles. The molecule has 0 saturated heterocycles. The highest BCUT2D eigenvalue weighted by atomic mass is 16.4. The Morgan fingerprint density at radius 2 is 2.36 bits per heavy atom. The van der Waals surface area contributed by atoms with Gasteiger partial charge in [-0.15, -0.1) is 0 Å². The van der Waals surface area contributed by atoms with Crippen LogP contribution in [0.5, 0.6) is 0 Å². The van der Waals surface area contributed by atoms with Crippen LogP contribution in [0.4, 0.5) is 0 Å². The van der Waals surface area contributed by atoms with E-state index in [-0.39, 0.29) is 0 Å². The Balaban J connectivity index is 2.20. The molecule has 0 aliphatic rings. The van der Waals surface area contributed by atoms with Crippen LogP contribution in [-0.4, -0.2) is 11.0 Å². The molecule has 1 heterocycles. The summed E-state index contributed by atoms with van der Waals surface area (Å²) in [5.74, 6) is 1.66. The van der Waals surface area contributed by atoms with Gasteiger partial charge >= 0.3 is 0 Å². The highest BCUT2D eigenvalue weighted by Gasteiger charge is 2.03. The fourth-order valence-electron chi connectivity index (χ4n) is 1.36. The van der Waals surface area contributed by atoms with E-state index in [0.717, 1.165) is 18.2 Å². The van der Waals surface area contributed by atoms with Gasteiger partial charge in [0.15, 0.2) is 0 Å². The Hall–Kier alpha value is -0.830. The zero-order valence-corrected chi connectivity index (χ0v) is 9.34. The summed E-state index contributed by atoms with van der Waals surface area (Å²) < 4.78 is 5.36. The van der Waals surface area contributed by atoms with Gasteiger partial charge in [-0.2, -0.15) is 0 Å². The minimum atomic E-state index is 0.544. The lowest BCUT2D eigenvalue weighted by atomic mass is 10.1. The van der Waals surface area contributed by atoms with Crippen LogP contribution >= 0.6 is 0 Å². The molecule has 0 fully saturated rings. The summed E-state index contributed by atoms with van der Waals surface area (Å²) in [6.07, 6.45) is 5.51. The summed E-state index contributed by atoms with van der Waals surface area (Å²) in [4.78, 5) is 4.14. The van der Waals surface area contributed by atoms with Crippen molar-refractivity contribution in [3.63, 3.8) is 0 Å². The molecule has 0 bridgehead atoms. The second-order valence-corrected chi connectivity index (χ2v) is 3.79. The highest BCUT2D eigenvalue weighted by molar-refractivity contribution is 4.90. The third-order valence-electron chi connectivity index (χ3n) is 2.26. The predicted octanol–water partition coefficient (Wildman–Crippen LogP) is 2.65. The molecule has 1 aromatic rings. The van der Waals surface area contributed by atoms with Crippen LogP contribution in [0.25, 0.3) is 0 Å². The fourth-order valence-corrected chi connectivity index (χ4v) is 1.36. The van der Waals surface area contributed by atoms with E-state index < -0.39 is 0 Å². The molecule has 0 spiro atoms. The molecule has 3 nitrogen and oxygen atoms in total. The number of rotatable bonds is 6. The third-order valence-corrected chi connectivity index (χ3v) is 2.26. The summed E-state index contributed by atoms with van der Waals surface area (Å²) in [5, 5.41) is 3.39. The third kappa shape index (κ3) is 3.92. The van der Waals surface area contributed by atoms with Crippen LogP contribution in [0.15, 0.2) is 10.6 Å². The van der Waals surface area contributed by atoms with E-state index in [2.05, 4.69) is 24.1 Å². The molecular formula is C11H20N2O. The Bertz CT molecular complexity index is 258. The molecule has 0 amide bonds. The van der Waals surface area contributed by atoms with Crippen molar-refractivity contribution in [3.05, 3.63) is 17.8 Å². The van der Waals surface area contributed by atoms with Crippen LogP contribution in [0.1, 0.15) is 44.8 Å². The first kappa shape index (κ1) is 11.2. The molecule has 0 saturated carbocycles. The average molecular weight is 196 g/mol. The molecule has 1 N–H and O–H groups in total. The van der Waals surface area contributed by atoms with E-state index in [4.69, 9.17) is 4.42 Å². The Kier molecular flexibility index (Phi) is 4.66. The summed E-state index contributed by atoms with van der Waals surface area (Å²) in [6.45, 7) is 7.06. The second kappa shape index (κ2) is 5.81. The number of hydrogen-bond donors (Lipinski definition) is 1. The number of unbranched alkanes of at least 4 members (excludes halogenated alkanes) is 1. The quantitative estimate of drug-likeness (QED) is 0.760. The largest absolute Gasteiger partial charge is 0.445 e. The Morgan fingerprint density at radius 1 is 1.57 bits per heavy atom. The number of aryl methyl sites for hydroxylation is 1. The van der Waals surface area contributed by atoms with Crippen LogP contribution in [0, 0.1) is 6.92 Å². The van der Waals surface area contributed by atoms with E-state index in [1.807, 2.05) is 6.92 Å². The van der Waals surface area contributed by atoms with Crippen molar-refractivity contribution >= 4 is 0 Å². The molecule has 1 unspecified atom stereocenters. The minimum Gasteiger partial charge on any atom is -0.445 e. The minimum absolute atomic E-state index is 0.544. The second-order valence-electron chi connectivity index (χ2n) is 3.79. The molecule has 0 aliphatic carbocycles. The SMILES string of the molecule is CCCCC(C)NCc1ncc(C)o1. The molecule has 1 aromatic heterocycles. The number of hydrogen-bond acceptors (Lipinski definition) is 3. The van der Waals surface area contributed by atoms with Crippen molar-refractivity contribution in [2.24, 2.45) is 0 Å². The van der Waals surface area contributed by atoms with Gasteiger partial charge in [0.25, 0.3) is 0 Å². The lowest BCUT2D eigenvalue weighted by Crippen LogP contribution is -2.25. The first-order valence-corrected chi connectivity index (χ1v) is 5.37. The normalized spacial score (nSPS) is 13.1. The first-order valence-electron chi connectivity index (χ1n) is 5.37. The topological polar surface area (TPSA) is 38.1 Å². The van der Waals surface area contributed by atoms with Crippen molar-refractivity contribution in [2.45, 2.75) is 52.6 Å². The lowest BCUT2D eigenvalue weighted by molar-refractivity contribution is 0.416. The molecule has 14 heavy (non-hydrogen) atoms. The van der Waals surface area contributed by atoms with E-state index in [0.29, 0.717) is 6.04 Å². The summed E-state index contributed by atoms with van der Waals surface area (Å²) in [6, 6.07) is 0.544. The standard InChI is InChI=1S/C11H20N2O/c1-4-5-6-9(2)12-8-11-13-7-10(3)14-11/h7,9,12H,4-6,8H2,1-3H3. The van der Waals surface area contributed by atoms with Gasteiger partial charge in [0.2, 0.25) is 5.89 Å². The maximum Gasteiger partial charge on any atom is 0.208 e. The molecule has 80 valence electrons. The van der Waals surface area contributed by atoms with Gasteiger partial charge in [-0.3, -0.25) is 0 Å². The molecule has 0 radical (unpaired) electrons. The van der Waals surface area contributed by atoms with Gasteiger partial charge in [0.05, 0.1) is 12.7 Å². The molecule has 0 aromatic carbocycles. The van der Waals surface area contributed by atoms with Gasteiger partial charge in [-0.05, 0) is 20.3 Å². The van der Waals surface area contributed by atoms with Gasteiger partial charge in [-0.25, -0.2) is 4.98 Å². The summed E-state index contributed by atoms with van der Waals surface area (Å²) >= 11 is 0. The van der Waals surface area contributed by atoms with Crippen LogP contribution in [0.3, 0.4) is 0 Å². The monoisotopic (exact) mass is 196 g/mol. The van der Waals surface area contributed by atoms with Gasteiger partial charge in [0.1, 0.15) is 5.76 Å². The molecular weight excluding hydrogens is 176 g/mol. The predicted molar refractivity (Wildman–Crippen MR) is 57.1 cm³/mol. The zero-order valence-electron chi connectivity index (χ0n) is 9.34. The van der Waals surface area contributed by atoms with Crippen molar-refractivity contribution in [1.82, 2.24) is 10.3 Å². The van der Waals surface area contributed by atoms with Gasteiger partial charge < -0.3 is 9.73 Å². The Morgan fingerprint density at radius 3 is 2.93 bits per heavy atom. The number of oxazole rings is 1. The van der Waals surface area contributed by atoms with Crippen LogP contribution < -0.4 is 5.32 Å². The van der Waals surface area contributed by atoms with Crippen molar-refractivity contribution in [2.75, 3.05) is 0 Å². The van der Waals surface area contributed by atoms with E-state index >= 15 is 0 Å². The highest BCUT2D eigenvalue weighted by Crippen LogP contribution is 2.03. The van der Waals surface area contributed by atoms with Crippen LogP contribution in [-0.2, 0) is 6.54 Å².